The van der Waals surface area contributed by atoms with E-state index < -0.39 is 0 Å². The molecule has 0 aromatic carbocycles. The van der Waals surface area contributed by atoms with E-state index in [1.54, 1.807) is 0 Å². The number of hydrogen-bond acceptors (Lipinski definition) is 0. The normalized spacial score (nSPS) is 40.0. The van der Waals surface area contributed by atoms with Gasteiger partial charge in [-0.05, 0) is 30.6 Å². The van der Waals surface area contributed by atoms with Crippen LogP contribution in [-0.2, 0) is 0 Å². The molecule has 1 fully saturated rings. The predicted molar refractivity (Wildman–Crippen MR) is 45.9 cm³/mol. The Kier molecular flexibility index (Phi) is 2.53. The molecule has 0 N–H and O–H groups in total. The summed E-state index contributed by atoms with van der Waals surface area (Å²) in [6.45, 7) is 8.53. The van der Waals surface area contributed by atoms with Gasteiger partial charge in [0.15, 0.2) is 0 Å². The molecule has 0 saturated heterocycles. The van der Waals surface area contributed by atoms with Crippen molar-refractivity contribution >= 4 is 0 Å². The maximum absolute atomic E-state index is 3.86. The SMILES string of the molecule is C=CC1CCC(CC)C1C. The van der Waals surface area contributed by atoms with Crippen LogP contribution >= 0.6 is 0 Å². The van der Waals surface area contributed by atoms with Gasteiger partial charge >= 0.3 is 0 Å². The van der Waals surface area contributed by atoms with E-state index in [1.165, 1.54) is 19.3 Å². The van der Waals surface area contributed by atoms with Crippen molar-refractivity contribution in [3.05, 3.63) is 12.7 Å². The summed E-state index contributed by atoms with van der Waals surface area (Å²) in [6, 6.07) is 0. The Morgan fingerprint density at radius 3 is 2.50 bits per heavy atom. The van der Waals surface area contributed by atoms with Gasteiger partial charge in [-0.3, -0.25) is 0 Å². The van der Waals surface area contributed by atoms with E-state index in [-0.39, 0.29) is 0 Å². The van der Waals surface area contributed by atoms with E-state index in [2.05, 4.69) is 26.5 Å². The summed E-state index contributed by atoms with van der Waals surface area (Å²) >= 11 is 0. The molecule has 0 aromatic heterocycles. The first-order valence-electron chi connectivity index (χ1n) is 4.42. The van der Waals surface area contributed by atoms with Crippen LogP contribution in [0.4, 0.5) is 0 Å². The lowest BCUT2D eigenvalue weighted by Gasteiger charge is -2.15. The van der Waals surface area contributed by atoms with E-state index in [1.807, 2.05) is 0 Å². The van der Waals surface area contributed by atoms with Crippen molar-refractivity contribution in [1.29, 1.82) is 0 Å². The minimum absolute atomic E-state index is 0.810. The summed E-state index contributed by atoms with van der Waals surface area (Å²) in [5, 5.41) is 0. The van der Waals surface area contributed by atoms with Crippen LogP contribution in [0, 0.1) is 17.8 Å². The molecule has 0 aromatic rings. The summed E-state index contributed by atoms with van der Waals surface area (Å²) in [5.41, 5.74) is 0. The minimum atomic E-state index is 0.810. The van der Waals surface area contributed by atoms with Crippen molar-refractivity contribution in [1.82, 2.24) is 0 Å². The molecule has 0 spiro atoms. The largest absolute Gasteiger partial charge is 0.103 e. The maximum atomic E-state index is 3.86. The van der Waals surface area contributed by atoms with Gasteiger partial charge in [0.05, 0.1) is 0 Å². The third-order valence-corrected chi connectivity index (χ3v) is 3.12. The van der Waals surface area contributed by atoms with Gasteiger partial charge in [-0.1, -0.05) is 26.3 Å². The Labute approximate surface area is 64.3 Å². The Morgan fingerprint density at radius 1 is 1.50 bits per heavy atom. The van der Waals surface area contributed by atoms with Gasteiger partial charge in [-0.25, -0.2) is 0 Å². The average molecular weight is 138 g/mol. The highest BCUT2D eigenvalue weighted by atomic mass is 14.3. The summed E-state index contributed by atoms with van der Waals surface area (Å²) in [5.74, 6) is 2.68. The molecule has 1 aliphatic carbocycles. The summed E-state index contributed by atoms with van der Waals surface area (Å²) in [4.78, 5) is 0. The molecule has 0 aliphatic heterocycles. The lowest BCUT2D eigenvalue weighted by molar-refractivity contribution is 0.370. The van der Waals surface area contributed by atoms with Crippen LogP contribution in [0.15, 0.2) is 12.7 Å². The first kappa shape index (κ1) is 7.84. The smallest absolute Gasteiger partial charge is 0.0208 e. The van der Waals surface area contributed by atoms with E-state index in [0.717, 1.165) is 17.8 Å². The standard InChI is InChI=1S/C10H18/c1-4-9-6-7-10(5-2)8(9)3/h4,8-10H,1,5-7H2,2-3H3. The Morgan fingerprint density at radius 2 is 2.20 bits per heavy atom. The third-order valence-electron chi connectivity index (χ3n) is 3.12. The average Bonchev–Trinajstić information content (AvgIpc) is 2.30. The van der Waals surface area contributed by atoms with E-state index in [9.17, 15) is 0 Å². The predicted octanol–water partition coefficient (Wildman–Crippen LogP) is 3.24. The molecule has 0 radical (unpaired) electrons. The van der Waals surface area contributed by atoms with Gasteiger partial charge in [0, 0.05) is 0 Å². The second kappa shape index (κ2) is 3.23. The van der Waals surface area contributed by atoms with Crippen molar-refractivity contribution in [3.63, 3.8) is 0 Å². The van der Waals surface area contributed by atoms with Crippen LogP contribution in [0.1, 0.15) is 33.1 Å². The first-order chi connectivity index (χ1) is 4.79. The molecule has 1 saturated carbocycles. The molecule has 58 valence electrons. The number of rotatable bonds is 2. The van der Waals surface area contributed by atoms with Gasteiger partial charge in [-0.2, -0.15) is 0 Å². The van der Waals surface area contributed by atoms with E-state index in [0.29, 0.717) is 0 Å². The van der Waals surface area contributed by atoms with Crippen LogP contribution in [0.2, 0.25) is 0 Å². The fourth-order valence-corrected chi connectivity index (χ4v) is 2.19. The van der Waals surface area contributed by atoms with Crippen LogP contribution in [0.3, 0.4) is 0 Å². The highest BCUT2D eigenvalue weighted by Gasteiger charge is 2.28. The second-order valence-electron chi connectivity index (χ2n) is 3.50. The van der Waals surface area contributed by atoms with Crippen LogP contribution in [0.25, 0.3) is 0 Å². The molecule has 0 nitrogen and oxygen atoms in total. The highest BCUT2D eigenvalue weighted by Crippen LogP contribution is 2.38. The quantitative estimate of drug-likeness (QED) is 0.514. The van der Waals surface area contributed by atoms with Gasteiger partial charge in [0.1, 0.15) is 0 Å². The molecule has 0 amide bonds. The van der Waals surface area contributed by atoms with Gasteiger partial charge < -0.3 is 0 Å². The molecule has 1 aliphatic rings. The highest BCUT2D eigenvalue weighted by molar-refractivity contribution is 4.91. The molecule has 3 unspecified atom stereocenters. The van der Waals surface area contributed by atoms with Crippen molar-refractivity contribution in [2.24, 2.45) is 17.8 Å². The first-order valence-corrected chi connectivity index (χ1v) is 4.42. The second-order valence-corrected chi connectivity index (χ2v) is 3.50. The maximum Gasteiger partial charge on any atom is -0.0208 e. The topological polar surface area (TPSA) is 0 Å². The molecular formula is C10H18. The fourth-order valence-electron chi connectivity index (χ4n) is 2.19. The molecule has 3 atom stereocenters. The lowest BCUT2D eigenvalue weighted by atomic mass is 9.90. The van der Waals surface area contributed by atoms with E-state index in [4.69, 9.17) is 0 Å². The summed E-state index contributed by atoms with van der Waals surface area (Å²) in [6.07, 6.45) is 6.30. The number of allylic oxidation sites excluding steroid dienone is 1. The molecule has 0 heteroatoms. The zero-order valence-electron chi connectivity index (χ0n) is 7.14. The molecule has 0 heterocycles. The molecule has 0 bridgehead atoms. The van der Waals surface area contributed by atoms with Crippen LogP contribution in [0.5, 0.6) is 0 Å². The lowest BCUT2D eigenvalue weighted by Crippen LogP contribution is -2.07. The monoisotopic (exact) mass is 138 g/mol. The molecule has 10 heavy (non-hydrogen) atoms. The summed E-state index contributed by atoms with van der Waals surface area (Å²) in [7, 11) is 0. The zero-order valence-corrected chi connectivity index (χ0v) is 7.14. The Hall–Kier alpha value is -0.260. The van der Waals surface area contributed by atoms with Crippen molar-refractivity contribution in [3.8, 4) is 0 Å². The van der Waals surface area contributed by atoms with Crippen LogP contribution in [-0.4, -0.2) is 0 Å². The molecular weight excluding hydrogens is 120 g/mol. The van der Waals surface area contributed by atoms with Crippen molar-refractivity contribution in [2.75, 3.05) is 0 Å². The Balaban J connectivity index is 2.48. The van der Waals surface area contributed by atoms with Gasteiger partial charge in [0.2, 0.25) is 0 Å². The minimum Gasteiger partial charge on any atom is -0.103 e. The summed E-state index contributed by atoms with van der Waals surface area (Å²) < 4.78 is 0. The third kappa shape index (κ3) is 1.25. The van der Waals surface area contributed by atoms with E-state index >= 15 is 0 Å². The van der Waals surface area contributed by atoms with Crippen LogP contribution < -0.4 is 0 Å². The molecule has 1 rings (SSSR count). The number of hydrogen-bond donors (Lipinski definition) is 0. The Bertz CT molecular complexity index is 115. The van der Waals surface area contributed by atoms with Crippen molar-refractivity contribution < 1.29 is 0 Å². The fraction of sp³-hybridized carbons (Fsp3) is 0.800. The van der Waals surface area contributed by atoms with Gasteiger partial charge in [-0.15, -0.1) is 6.58 Å². The van der Waals surface area contributed by atoms with Crippen molar-refractivity contribution in [2.45, 2.75) is 33.1 Å². The van der Waals surface area contributed by atoms with Gasteiger partial charge in [0.25, 0.3) is 0 Å². The zero-order chi connectivity index (χ0) is 7.56.